The molecule has 0 aromatic carbocycles. The summed E-state index contributed by atoms with van der Waals surface area (Å²) in [6, 6.07) is 2.19. The maximum Gasteiger partial charge on any atom is 0.321 e. The number of nitrogens with zero attached hydrogens (tertiary/aromatic N) is 3. The van der Waals surface area contributed by atoms with E-state index in [-0.39, 0.29) is 0 Å². The molecule has 2 aromatic rings. The molecule has 1 N–H and O–H groups in total. The molecular formula is C12H16N4O2S. The highest BCUT2D eigenvalue weighted by atomic mass is 32.2. The average Bonchev–Trinajstić information content (AvgIpc) is 2.81. The van der Waals surface area contributed by atoms with Gasteiger partial charge in [0.05, 0.1) is 18.3 Å². The largest absolute Gasteiger partial charge is 0.468 e. The Balaban J connectivity index is 2.21. The molecule has 0 aliphatic rings. The Morgan fingerprint density at radius 1 is 1.37 bits per heavy atom. The highest BCUT2D eigenvalue weighted by Gasteiger charge is 2.10. The first-order valence-corrected chi connectivity index (χ1v) is 6.80. The topological polar surface area (TPSA) is 73.1 Å². The second kappa shape index (κ2) is 6.42. The van der Waals surface area contributed by atoms with E-state index in [0.717, 1.165) is 23.6 Å². The van der Waals surface area contributed by atoms with Crippen LogP contribution in [0, 0.1) is 6.92 Å². The fraction of sp³-hybridized carbons (Fsp3) is 0.417. The first-order chi connectivity index (χ1) is 9.22. The maximum absolute atomic E-state index is 5.25. The number of aryl methyl sites for hydroxylation is 1. The van der Waals surface area contributed by atoms with Gasteiger partial charge in [0.1, 0.15) is 5.76 Å². The lowest BCUT2D eigenvalue weighted by Gasteiger charge is -2.06. The predicted molar refractivity (Wildman–Crippen MR) is 72.7 cm³/mol. The van der Waals surface area contributed by atoms with Crippen LogP contribution in [0.25, 0.3) is 0 Å². The van der Waals surface area contributed by atoms with Crippen LogP contribution in [0.2, 0.25) is 0 Å². The predicted octanol–water partition coefficient (Wildman–Crippen LogP) is 2.75. The molecule has 19 heavy (non-hydrogen) atoms. The van der Waals surface area contributed by atoms with E-state index in [0.29, 0.717) is 17.1 Å². The van der Waals surface area contributed by atoms with Crippen LogP contribution in [0.1, 0.15) is 19.1 Å². The number of methoxy groups -OCH3 is 1. The van der Waals surface area contributed by atoms with Crippen molar-refractivity contribution in [2.45, 2.75) is 30.3 Å². The minimum atomic E-state index is 0.303. The Kier molecular flexibility index (Phi) is 4.62. The van der Waals surface area contributed by atoms with E-state index in [2.05, 4.69) is 27.2 Å². The Morgan fingerprint density at radius 3 is 2.84 bits per heavy atom. The van der Waals surface area contributed by atoms with Gasteiger partial charge in [0.25, 0.3) is 0 Å². The van der Waals surface area contributed by atoms with Crippen molar-refractivity contribution in [3.8, 4) is 6.01 Å². The fourth-order valence-electron chi connectivity index (χ4n) is 1.37. The summed E-state index contributed by atoms with van der Waals surface area (Å²) in [5, 5.41) is 3.70. The second-order valence-electron chi connectivity index (χ2n) is 3.80. The molecule has 0 amide bonds. The van der Waals surface area contributed by atoms with Crippen LogP contribution in [-0.4, -0.2) is 28.6 Å². The summed E-state index contributed by atoms with van der Waals surface area (Å²) < 4.78 is 10.3. The zero-order chi connectivity index (χ0) is 13.7. The van der Waals surface area contributed by atoms with Crippen LogP contribution >= 0.6 is 11.8 Å². The molecule has 0 aliphatic heterocycles. The van der Waals surface area contributed by atoms with E-state index in [1.807, 2.05) is 13.0 Å². The number of hydrogen-bond acceptors (Lipinski definition) is 7. The molecule has 2 aromatic heterocycles. The van der Waals surface area contributed by atoms with Gasteiger partial charge in [0, 0.05) is 6.54 Å². The molecule has 0 aliphatic carbocycles. The van der Waals surface area contributed by atoms with Gasteiger partial charge in [-0.05, 0) is 31.2 Å². The molecule has 0 radical (unpaired) electrons. The van der Waals surface area contributed by atoms with Gasteiger partial charge in [0.2, 0.25) is 11.1 Å². The van der Waals surface area contributed by atoms with E-state index in [1.54, 1.807) is 6.26 Å². The fourth-order valence-corrected chi connectivity index (χ4v) is 2.14. The number of aromatic nitrogens is 3. The molecule has 0 atom stereocenters. The van der Waals surface area contributed by atoms with Crippen LogP contribution in [0.15, 0.2) is 26.8 Å². The van der Waals surface area contributed by atoms with Gasteiger partial charge >= 0.3 is 6.01 Å². The number of furan rings is 1. The van der Waals surface area contributed by atoms with Gasteiger partial charge in [-0.2, -0.15) is 15.0 Å². The lowest BCUT2D eigenvalue weighted by Crippen LogP contribution is -2.07. The summed E-state index contributed by atoms with van der Waals surface area (Å²) in [4.78, 5) is 13.7. The lowest BCUT2D eigenvalue weighted by atomic mass is 10.5. The molecule has 102 valence electrons. The third-order valence-electron chi connectivity index (χ3n) is 2.32. The third-order valence-corrected chi connectivity index (χ3v) is 3.33. The molecule has 7 heteroatoms. The van der Waals surface area contributed by atoms with Crippen molar-refractivity contribution in [2.24, 2.45) is 0 Å². The standard InChI is InChI=1S/C12H16N4O2S/c1-4-6-13-10-14-11(17-3)16-12(15-10)19-9-5-7-18-8(9)2/h5,7H,4,6H2,1-3H3,(H,13,14,15,16). The van der Waals surface area contributed by atoms with Crippen molar-refractivity contribution in [1.29, 1.82) is 0 Å². The summed E-state index contributed by atoms with van der Waals surface area (Å²) >= 11 is 1.42. The van der Waals surface area contributed by atoms with Crippen LogP contribution < -0.4 is 10.1 Å². The quantitative estimate of drug-likeness (QED) is 0.872. The highest BCUT2D eigenvalue weighted by Crippen LogP contribution is 2.29. The van der Waals surface area contributed by atoms with Crippen molar-refractivity contribution >= 4 is 17.7 Å². The molecule has 0 fully saturated rings. The molecule has 0 bridgehead atoms. The summed E-state index contributed by atoms with van der Waals surface area (Å²) in [7, 11) is 1.54. The Hall–Kier alpha value is -1.76. The molecule has 0 spiro atoms. The number of hydrogen-bond donors (Lipinski definition) is 1. The minimum absolute atomic E-state index is 0.303. The number of nitrogens with one attached hydrogen (secondary N) is 1. The van der Waals surface area contributed by atoms with Gasteiger partial charge in [0.15, 0.2) is 0 Å². The zero-order valence-electron chi connectivity index (χ0n) is 11.1. The van der Waals surface area contributed by atoms with Crippen LogP contribution in [0.3, 0.4) is 0 Å². The van der Waals surface area contributed by atoms with Crippen molar-refractivity contribution in [2.75, 3.05) is 19.0 Å². The molecule has 6 nitrogen and oxygen atoms in total. The molecule has 0 saturated heterocycles. The normalized spacial score (nSPS) is 10.5. The molecule has 2 heterocycles. The number of anilines is 1. The average molecular weight is 280 g/mol. The Labute approximate surface area is 116 Å². The smallest absolute Gasteiger partial charge is 0.321 e. The Morgan fingerprint density at radius 2 is 2.21 bits per heavy atom. The zero-order valence-corrected chi connectivity index (χ0v) is 12.0. The van der Waals surface area contributed by atoms with Gasteiger partial charge in [-0.25, -0.2) is 0 Å². The minimum Gasteiger partial charge on any atom is -0.468 e. The first kappa shape index (κ1) is 13.7. The summed E-state index contributed by atoms with van der Waals surface area (Å²) in [6.07, 6.45) is 2.64. The van der Waals surface area contributed by atoms with Gasteiger partial charge < -0.3 is 14.5 Å². The van der Waals surface area contributed by atoms with Gasteiger partial charge in [-0.15, -0.1) is 0 Å². The van der Waals surface area contributed by atoms with E-state index in [4.69, 9.17) is 9.15 Å². The summed E-state index contributed by atoms with van der Waals surface area (Å²) in [5.41, 5.74) is 0. The highest BCUT2D eigenvalue weighted by molar-refractivity contribution is 7.99. The molecule has 0 saturated carbocycles. The van der Waals surface area contributed by atoms with E-state index in [9.17, 15) is 0 Å². The van der Waals surface area contributed by atoms with Gasteiger partial charge in [-0.3, -0.25) is 0 Å². The summed E-state index contributed by atoms with van der Waals surface area (Å²) in [6.45, 7) is 4.79. The number of ether oxygens (including phenoxy) is 1. The van der Waals surface area contributed by atoms with Crippen LogP contribution in [0.4, 0.5) is 5.95 Å². The Bertz CT molecular complexity index is 544. The summed E-state index contributed by atoms with van der Waals surface area (Å²) in [5.74, 6) is 1.37. The van der Waals surface area contributed by atoms with Crippen molar-refractivity contribution in [1.82, 2.24) is 15.0 Å². The van der Waals surface area contributed by atoms with Crippen LogP contribution in [0.5, 0.6) is 6.01 Å². The van der Waals surface area contributed by atoms with Gasteiger partial charge in [-0.1, -0.05) is 6.92 Å². The second-order valence-corrected chi connectivity index (χ2v) is 4.81. The van der Waals surface area contributed by atoms with E-state index in [1.165, 1.54) is 18.9 Å². The SMILES string of the molecule is CCCNc1nc(OC)nc(Sc2ccoc2C)n1. The molecule has 2 rings (SSSR count). The van der Waals surface area contributed by atoms with Crippen molar-refractivity contribution in [3.63, 3.8) is 0 Å². The monoisotopic (exact) mass is 280 g/mol. The van der Waals surface area contributed by atoms with E-state index >= 15 is 0 Å². The van der Waals surface area contributed by atoms with Crippen molar-refractivity contribution in [3.05, 3.63) is 18.1 Å². The first-order valence-electron chi connectivity index (χ1n) is 5.98. The van der Waals surface area contributed by atoms with Crippen LogP contribution in [-0.2, 0) is 0 Å². The maximum atomic E-state index is 5.25. The molecular weight excluding hydrogens is 264 g/mol. The molecule has 0 unspecified atom stereocenters. The van der Waals surface area contributed by atoms with Crippen molar-refractivity contribution < 1.29 is 9.15 Å². The van der Waals surface area contributed by atoms with E-state index < -0.39 is 0 Å². The third kappa shape index (κ3) is 3.60. The lowest BCUT2D eigenvalue weighted by molar-refractivity contribution is 0.373. The number of rotatable bonds is 6.